The van der Waals surface area contributed by atoms with Gasteiger partial charge in [-0.2, -0.15) is 0 Å². The van der Waals surface area contributed by atoms with Crippen LogP contribution in [0.1, 0.15) is 25.8 Å². The highest BCUT2D eigenvalue weighted by atomic mass is 32.1. The molecule has 0 aliphatic heterocycles. The fourth-order valence-electron chi connectivity index (χ4n) is 1.76. The highest BCUT2D eigenvalue weighted by molar-refractivity contribution is 7.10. The molecule has 19 heavy (non-hydrogen) atoms. The van der Waals surface area contributed by atoms with E-state index in [1.165, 1.54) is 0 Å². The summed E-state index contributed by atoms with van der Waals surface area (Å²) in [4.78, 5) is 4.72. The van der Waals surface area contributed by atoms with Gasteiger partial charge in [0.2, 0.25) is 0 Å². The molecule has 0 bridgehead atoms. The number of hydrogen-bond donors (Lipinski definition) is 1. The highest BCUT2D eigenvalue weighted by Gasteiger charge is 2.23. The number of ether oxygens (including phenoxy) is 1. The lowest BCUT2D eigenvalue weighted by Gasteiger charge is -2.18. The maximum Gasteiger partial charge on any atom is 0.128 e. The molecule has 0 aliphatic rings. The number of rotatable bonds is 5. The molecule has 0 fully saturated rings. The van der Waals surface area contributed by atoms with Crippen LogP contribution in [0.15, 0.2) is 29.6 Å². The van der Waals surface area contributed by atoms with Gasteiger partial charge in [0.1, 0.15) is 10.8 Å². The Hall–Kier alpha value is -1.39. The van der Waals surface area contributed by atoms with Crippen LogP contribution in [0.25, 0.3) is 11.3 Å². The molecule has 0 unspecified atom stereocenters. The van der Waals surface area contributed by atoms with Crippen molar-refractivity contribution in [2.24, 2.45) is 5.73 Å². The van der Waals surface area contributed by atoms with Gasteiger partial charge in [-0.05, 0) is 19.1 Å². The van der Waals surface area contributed by atoms with Gasteiger partial charge in [0.05, 0.1) is 12.3 Å². The second-order valence-electron chi connectivity index (χ2n) is 5.06. The van der Waals surface area contributed by atoms with E-state index in [2.05, 4.69) is 19.2 Å². The van der Waals surface area contributed by atoms with Gasteiger partial charge in [-0.1, -0.05) is 26.0 Å². The van der Waals surface area contributed by atoms with E-state index in [1.54, 1.807) is 11.3 Å². The molecule has 0 amide bonds. The molecule has 2 N–H and O–H groups in total. The van der Waals surface area contributed by atoms with Crippen LogP contribution < -0.4 is 10.5 Å². The van der Waals surface area contributed by atoms with E-state index in [9.17, 15) is 0 Å². The van der Waals surface area contributed by atoms with Crippen LogP contribution in [0.3, 0.4) is 0 Å². The SMILES string of the molecule is CCOc1ccccc1-c1csc(C(C)(C)CN)n1. The van der Waals surface area contributed by atoms with Gasteiger partial charge in [0.25, 0.3) is 0 Å². The van der Waals surface area contributed by atoms with E-state index in [4.69, 9.17) is 15.5 Å². The lowest BCUT2D eigenvalue weighted by molar-refractivity contribution is 0.341. The fraction of sp³-hybridized carbons (Fsp3) is 0.400. The Morgan fingerprint density at radius 2 is 2.05 bits per heavy atom. The molecule has 0 saturated heterocycles. The molecular formula is C15H20N2OS. The zero-order valence-corrected chi connectivity index (χ0v) is 12.5. The van der Waals surface area contributed by atoms with Crippen LogP contribution in [0.2, 0.25) is 0 Å². The molecule has 1 heterocycles. The largest absolute Gasteiger partial charge is 0.493 e. The summed E-state index contributed by atoms with van der Waals surface area (Å²) in [5.74, 6) is 0.882. The summed E-state index contributed by atoms with van der Waals surface area (Å²) in [7, 11) is 0. The first kappa shape index (κ1) is 14.0. The van der Waals surface area contributed by atoms with Crippen molar-refractivity contribution in [2.45, 2.75) is 26.2 Å². The minimum atomic E-state index is -0.0799. The summed E-state index contributed by atoms with van der Waals surface area (Å²) >= 11 is 1.66. The van der Waals surface area contributed by atoms with Crippen molar-refractivity contribution >= 4 is 11.3 Å². The molecule has 0 aliphatic carbocycles. The van der Waals surface area contributed by atoms with E-state index >= 15 is 0 Å². The summed E-state index contributed by atoms with van der Waals surface area (Å²) in [6.07, 6.45) is 0. The van der Waals surface area contributed by atoms with Crippen molar-refractivity contribution in [3.05, 3.63) is 34.7 Å². The molecule has 2 rings (SSSR count). The van der Waals surface area contributed by atoms with Gasteiger partial charge >= 0.3 is 0 Å². The van der Waals surface area contributed by atoms with Crippen LogP contribution >= 0.6 is 11.3 Å². The average Bonchev–Trinajstić information content (AvgIpc) is 2.90. The first-order chi connectivity index (χ1) is 9.08. The second-order valence-corrected chi connectivity index (χ2v) is 5.91. The van der Waals surface area contributed by atoms with Crippen molar-refractivity contribution in [2.75, 3.05) is 13.2 Å². The van der Waals surface area contributed by atoms with Gasteiger partial charge in [-0.15, -0.1) is 11.3 Å². The first-order valence-corrected chi connectivity index (χ1v) is 7.34. The van der Waals surface area contributed by atoms with Gasteiger partial charge in [-0.3, -0.25) is 0 Å². The third-order valence-corrected chi connectivity index (χ3v) is 4.26. The standard InChI is InChI=1S/C15H20N2OS/c1-4-18-13-8-6-5-7-11(13)12-9-19-14(17-12)15(2,3)10-16/h5-9H,4,10,16H2,1-3H3. The Morgan fingerprint density at radius 3 is 2.74 bits per heavy atom. The molecule has 0 radical (unpaired) electrons. The molecule has 3 nitrogen and oxygen atoms in total. The second kappa shape index (κ2) is 5.72. The monoisotopic (exact) mass is 276 g/mol. The maximum atomic E-state index is 5.81. The zero-order chi connectivity index (χ0) is 13.9. The van der Waals surface area contributed by atoms with Crippen LogP contribution in [-0.2, 0) is 5.41 Å². The van der Waals surface area contributed by atoms with Crippen LogP contribution in [0.5, 0.6) is 5.75 Å². The molecule has 4 heteroatoms. The Kier molecular flexibility index (Phi) is 4.22. The zero-order valence-electron chi connectivity index (χ0n) is 11.6. The van der Waals surface area contributed by atoms with E-state index in [1.807, 2.05) is 31.2 Å². The summed E-state index contributed by atoms with van der Waals surface area (Å²) in [5, 5.41) is 3.14. The summed E-state index contributed by atoms with van der Waals surface area (Å²) in [5.41, 5.74) is 7.73. The number of para-hydroxylation sites is 1. The molecule has 0 saturated carbocycles. The number of benzene rings is 1. The molecule has 1 aromatic carbocycles. The number of hydrogen-bond acceptors (Lipinski definition) is 4. The summed E-state index contributed by atoms with van der Waals surface area (Å²) in [6.45, 7) is 7.46. The molecule has 0 atom stereocenters. The topological polar surface area (TPSA) is 48.1 Å². The molecule has 0 spiro atoms. The summed E-state index contributed by atoms with van der Waals surface area (Å²) in [6, 6.07) is 8.00. The minimum absolute atomic E-state index is 0.0799. The van der Waals surface area contributed by atoms with Gasteiger partial charge in [0.15, 0.2) is 0 Å². The van der Waals surface area contributed by atoms with Crippen molar-refractivity contribution in [1.29, 1.82) is 0 Å². The van der Waals surface area contributed by atoms with E-state index < -0.39 is 0 Å². The summed E-state index contributed by atoms with van der Waals surface area (Å²) < 4.78 is 5.65. The maximum absolute atomic E-state index is 5.81. The first-order valence-electron chi connectivity index (χ1n) is 6.46. The fourth-order valence-corrected chi connectivity index (χ4v) is 2.71. The number of thiazole rings is 1. The van der Waals surface area contributed by atoms with Gasteiger partial charge < -0.3 is 10.5 Å². The Morgan fingerprint density at radius 1 is 1.32 bits per heavy atom. The Balaban J connectivity index is 2.38. The van der Waals surface area contributed by atoms with E-state index in [-0.39, 0.29) is 5.41 Å². The van der Waals surface area contributed by atoms with Gasteiger partial charge in [0, 0.05) is 22.9 Å². The van der Waals surface area contributed by atoms with E-state index in [0.29, 0.717) is 13.2 Å². The van der Waals surface area contributed by atoms with Crippen LogP contribution in [0, 0.1) is 0 Å². The third kappa shape index (κ3) is 2.96. The number of aromatic nitrogens is 1. The molecule has 2 aromatic rings. The van der Waals surface area contributed by atoms with Crippen LogP contribution in [-0.4, -0.2) is 18.1 Å². The number of nitrogens with zero attached hydrogens (tertiary/aromatic N) is 1. The quantitative estimate of drug-likeness (QED) is 0.910. The Labute approximate surface area is 118 Å². The Bertz CT molecular complexity index is 549. The lowest BCUT2D eigenvalue weighted by Crippen LogP contribution is -2.27. The van der Waals surface area contributed by atoms with Crippen molar-refractivity contribution in [1.82, 2.24) is 4.98 Å². The molecule has 102 valence electrons. The number of nitrogens with two attached hydrogens (primary N) is 1. The minimum Gasteiger partial charge on any atom is -0.493 e. The molecular weight excluding hydrogens is 256 g/mol. The third-order valence-electron chi connectivity index (χ3n) is 3.06. The van der Waals surface area contributed by atoms with Crippen molar-refractivity contribution in [3.8, 4) is 17.0 Å². The molecule has 1 aromatic heterocycles. The van der Waals surface area contributed by atoms with Crippen molar-refractivity contribution < 1.29 is 4.74 Å². The normalized spacial score (nSPS) is 11.6. The smallest absolute Gasteiger partial charge is 0.128 e. The average molecular weight is 276 g/mol. The predicted molar refractivity (Wildman–Crippen MR) is 80.8 cm³/mol. The van der Waals surface area contributed by atoms with Crippen LogP contribution in [0.4, 0.5) is 0 Å². The van der Waals surface area contributed by atoms with E-state index in [0.717, 1.165) is 22.0 Å². The predicted octanol–water partition coefficient (Wildman–Crippen LogP) is 3.45. The van der Waals surface area contributed by atoms with Gasteiger partial charge in [-0.25, -0.2) is 4.98 Å². The van der Waals surface area contributed by atoms with Crippen molar-refractivity contribution in [3.63, 3.8) is 0 Å². The highest BCUT2D eigenvalue weighted by Crippen LogP contribution is 2.34. The lowest BCUT2D eigenvalue weighted by atomic mass is 9.95.